The van der Waals surface area contributed by atoms with E-state index in [1.54, 1.807) is 6.92 Å². The van der Waals surface area contributed by atoms with Gasteiger partial charge in [0.2, 0.25) is 0 Å². The summed E-state index contributed by atoms with van der Waals surface area (Å²) in [6, 6.07) is 8.70. The Bertz CT molecular complexity index is 412. The first kappa shape index (κ1) is 15.7. The van der Waals surface area contributed by atoms with Crippen LogP contribution < -0.4 is 0 Å². The third-order valence-corrected chi connectivity index (χ3v) is 3.58. The lowest BCUT2D eigenvalue weighted by Crippen LogP contribution is -2.14. The van der Waals surface area contributed by atoms with E-state index in [2.05, 4.69) is 52.0 Å². The smallest absolute Gasteiger partial charge is 0.306 e. The van der Waals surface area contributed by atoms with Gasteiger partial charge in [0.15, 0.2) is 0 Å². The van der Waals surface area contributed by atoms with E-state index < -0.39 is 5.97 Å². The maximum atomic E-state index is 10.8. The van der Waals surface area contributed by atoms with Gasteiger partial charge in [-0.25, -0.2) is 0 Å². The van der Waals surface area contributed by atoms with Crippen LogP contribution in [-0.4, -0.2) is 11.1 Å². The summed E-state index contributed by atoms with van der Waals surface area (Å²) in [5.74, 6) is -0.564. The molecule has 19 heavy (non-hydrogen) atoms. The molecule has 1 rings (SSSR count). The zero-order chi connectivity index (χ0) is 14.6. The molecule has 2 atom stereocenters. The lowest BCUT2D eigenvalue weighted by molar-refractivity contribution is -0.141. The Hall–Kier alpha value is -1.31. The summed E-state index contributed by atoms with van der Waals surface area (Å²) in [7, 11) is 0. The average molecular weight is 262 g/mol. The second-order valence-corrected chi connectivity index (χ2v) is 6.73. The van der Waals surface area contributed by atoms with Crippen molar-refractivity contribution in [1.29, 1.82) is 0 Å². The molecular formula is C17H26O2. The zero-order valence-corrected chi connectivity index (χ0v) is 12.7. The molecule has 0 aromatic heterocycles. The number of benzene rings is 1. The van der Waals surface area contributed by atoms with Crippen LogP contribution in [-0.2, 0) is 16.6 Å². The van der Waals surface area contributed by atoms with Gasteiger partial charge >= 0.3 is 5.97 Å². The van der Waals surface area contributed by atoms with Gasteiger partial charge in [0, 0.05) is 0 Å². The van der Waals surface area contributed by atoms with E-state index in [1.807, 2.05) is 0 Å². The molecule has 1 aromatic carbocycles. The van der Waals surface area contributed by atoms with Gasteiger partial charge in [-0.15, -0.1) is 0 Å². The first-order chi connectivity index (χ1) is 8.70. The minimum atomic E-state index is -0.699. The third-order valence-electron chi connectivity index (χ3n) is 3.58. The molecule has 2 unspecified atom stereocenters. The van der Waals surface area contributed by atoms with E-state index >= 15 is 0 Å². The number of hydrogen-bond donors (Lipinski definition) is 1. The predicted octanol–water partition coefficient (Wildman–Crippen LogP) is 4.27. The minimum Gasteiger partial charge on any atom is -0.481 e. The average Bonchev–Trinajstić information content (AvgIpc) is 2.28. The molecule has 0 saturated carbocycles. The molecular weight excluding hydrogens is 236 g/mol. The fourth-order valence-electron chi connectivity index (χ4n) is 2.33. The van der Waals surface area contributed by atoms with Crippen molar-refractivity contribution in [1.82, 2.24) is 0 Å². The third kappa shape index (κ3) is 5.06. The maximum Gasteiger partial charge on any atom is 0.306 e. The second kappa shape index (κ2) is 6.23. The number of carboxylic acid groups (broad SMARTS) is 1. The fourth-order valence-corrected chi connectivity index (χ4v) is 2.33. The van der Waals surface area contributed by atoms with E-state index in [0.717, 1.165) is 12.8 Å². The molecule has 0 amide bonds. The molecule has 0 aliphatic carbocycles. The van der Waals surface area contributed by atoms with Gasteiger partial charge in [-0.1, -0.05) is 58.9 Å². The highest BCUT2D eigenvalue weighted by atomic mass is 16.4. The molecule has 106 valence electrons. The number of rotatable bonds is 5. The lowest BCUT2D eigenvalue weighted by atomic mass is 9.85. The van der Waals surface area contributed by atoms with Gasteiger partial charge in [-0.3, -0.25) is 4.79 Å². The van der Waals surface area contributed by atoms with Gasteiger partial charge in [-0.05, 0) is 35.3 Å². The van der Waals surface area contributed by atoms with Gasteiger partial charge < -0.3 is 5.11 Å². The largest absolute Gasteiger partial charge is 0.481 e. The van der Waals surface area contributed by atoms with Gasteiger partial charge in [0.1, 0.15) is 0 Å². The van der Waals surface area contributed by atoms with Gasteiger partial charge in [0.05, 0.1) is 5.92 Å². The molecule has 1 aromatic rings. The first-order valence-electron chi connectivity index (χ1n) is 7.02. The Morgan fingerprint density at radius 2 is 1.68 bits per heavy atom. The van der Waals surface area contributed by atoms with Crippen molar-refractivity contribution < 1.29 is 9.90 Å². The molecule has 0 aliphatic heterocycles. The van der Waals surface area contributed by atoms with Crippen molar-refractivity contribution in [2.75, 3.05) is 0 Å². The highest BCUT2D eigenvalue weighted by Crippen LogP contribution is 2.23. The van der Waals surface area contributed by atoms with Crippen LogP contribution >= 0.6 is 0 Å². The summed E-state index contributed by atoms with van der Waals surface area (Å²) in [5.41, 5.74) is 2.81. The van der Waals surface area contributed by atoms with Crippen molar-refractivity contribution in [3.8, 4) is 0 Å². The van der Waals surface area contributed by atoms with Crippen molar-refractivity contribution in [3.05, 3.63) is 35.4 Å². The van der Waals surface area contributed by atoms with Crippen LogP contribution in [0.5, 0.6) is 0 Å². The fraction of sp³-hybridized carbons (Fsp3) is 0.588. The normalized spacial score (nSPS) is 15.0. The number of carbonyl (C=O) groups is 1. The van der Waals surface area contributed by atoms with Crippen LogP contribution in [0.3, 0.4) is 0 Å². The molecule has 0 radical (unpaired) electrons. The quantitative estimate of drug-likeness (QED) is 0.860. The Morgan fingerprint density at radius 1 is 1.16 bits per heavy atom. The van der Waals surface area contributed by atoms with Crippen LogP contribution in [0, 0.1) is 11.8 Å². The monoisotopic (exact) mass is 262 g/mol. The highest BCUT2D eigenvalue weighted by Gasteiger charge is 2.16. The molecule has 1 N–H and O–H groups in total. The van der Waals surface area contributed by atoms with E-state index in [4.69, 9.17) is 5.11 Å². The molecule has 2 heteroatoms. The van der Waals surface area contributed by atoms with Crippen molar-refractivity contribution in [3.63, 3.8) is 0 Å². The topological polar surface area (TPSA) is 37.3 Å². The molecule has 0 bridgehead atoms. The van der Waals surface area contributed by atoms with Crippen molar-refractivity contribution >= 4 is 5.97 Å². The summed E-state index contributed by atoms with van der Waals surface area (Å²) in [5, 5.41) is 8.92. The maximum absolute atomic E-state index is 10.8. The summed E-state index contributed by atoms with van der Waals surface area (Å²) >= 11 is 0. The number of aliphatic carboxylic acids is 1. The zero-order valence-electron chi connectivity index (χ0n) is 12.7. The van der Waals surface area contributed by atoms with Crippen LogP contribution in [0.25, 0.3) is 0 Å². The van der Waals surface area contributed by atoms with Gasteiger partial charge in [-0.2, -0.15) is 0 Å². The standard InChI is InChI=1S/C17H26O2/c1-12(10-13(2)16(18)19)11-14-6-8-15(9-7-14)17(3,4)5/h6-9,12-13H,10-11H2,1-5H3,(H,18,19). The SMILES string of the molecule is CC(Cc1ccc(C(C)(C)C)cc1)CC(C)C(=O)O. The Labute approximate surface area is 116 Å². The van der Waals surface area contributed by atoms with Crippen molar-refractivity contribution in [2.24, 2.45) is 11.8 Å². The Morgan fingerprint density at radius 3 is 2.11 bits per heavy atom. The summed E-state index contributed by atoms with van der Waals surface area (Å²) in [4.78, 5) is 10.8. The van der Waals surface area contributed by atoms with Gasteiger partial charge in [0.25, 0.3) is 0 Å². The minimum absolute atomic E-state index is 0.183. The molecule has 2 nitrogen and oxygen atoms in total. The second-order valence-electron chi connectivity index (χ2n) is 6.73. The van der Waals surface area contributed by atoms with E-state index in [1.165, 1.54) is 11.1 Å². The molecule has 0 saturated heterocycles. The molecule has 0 fully saturated rings. The van der Waals surface area contributed by atoms with Crippen molar-refractivity contribution in [2.45, 2.75) is 52.9 Å². The van der Waals surface area contributed by atoms with E-state index in [9.17, 15) is 4.79 Å². The summed E-state index contributed by atoms with van der Waals surface area (Å²) < 4.78 is 0. The molecule has 0 aliphatic rings. The predicted molar refractivity (Wildman–Crippen MR) is 79.4 cm³/mol. The van der Waals surface area contributed by atoms with Crippen LogP contribution in [0.15, 0.2) is 24.3 Å². The summed E-state index contributed by atoms with van der Waals surface area (Å²) in [6.45, 7) is 10.5. The molecule has 0 spiro atoms. The Balaban J connectivity index is 2.61. The van der Waals surface area contributed by atoms with E-state index in [-0.39, 0.29) is 11.3 Å². The number of hydrogen-bond acceptors (Lipinski definition) is 1. The lowest BCUT2D eigenvalue weighted by Gasteiger charge is -2.20. The highest BCUT2D eigenvalue weighted by molar-refractivity contribution is 5.69. The van der Waals surface area contributed by atoms with E-state index in [0.29, 0.717) is 5.92 Å². The van der Waals surface area contributed by atoms with Crippen LogP contribution in [0.4, 0.5) is 0 Å². The first-order valence-corrected chi connectivity index (χ1v) is 7.02. The van der Waals surface area contributed by atoms with Crippen LogP contribution in [0.2, 0.25) is 0 Å². The van der Waals surface area contributed by atoms with Crippen LogP contribution in [0.1, 0.15) is 52.2 Å². The number of carboxylic acids is 1. The Kier molecular flexibility index (Phi) is 5.16. The summed E-state index contributed by atoms with van der Waals surface area (Å²) in [6.07, 6.45) is 1.68. The molecule has 0 heterocycles.